The Kier molecular flexibility index (Phi) is 5.43. The van der Waals surface area contributed by atoms with Crippen LogP contribution in [0.2, 0.25) is 0 Å². The van der Waals surface area contributed by atoms with Crippen LogP contribution in [0.15, 0.2) is 23.0 Å². The van der Waals surface area contributed by atoms with Crippen molar-refractivity contribution in [2.45, 2.75) is 32.2 Å². The summed E-state index contributed by atoms with van der Waals surface area (Å²) >= 11 is 0. The number of carbonyl (C=O) groups excluding carboxylic acids is 2. The van der Waals surface area contributed by atoms with E-state index in [1.807, 2.05) is 13.8 Å². The molecule has 1 aliphatic heterocycles. The van der Waals surface area contributed by atoms with Crippen molar-refractivity contribution in [2.75, 3.05) is 26.1 Å². The second kappa shape index (κ2) is 7.79. The third-order valence-corrected chi connectivity index (χ3v) is 4.64. The second-order valence-corrected chi connectivity index (χ2v) is 6.72. The number of nitrogens with one attached hydrogen (secondary N) is 2. The van der Waals surface area contributed by atoms with E-state index in [2.05, 4.69) is 15.2 Å². The highest BCUT2D eigenvalue weighted by Gasteiger charge is 2.35. The Morgan fingerprint density at radius 3 is 2.68 bits per heavy atom. The number of ether oxygens (including phenoxy) is 3. The maximum absolute atomic E-state index is 12.7. The van der Waals surface area contributed by atoms with Crippen LogP contribution in [0.3, 0.4) is 0 Å². The van der Waals surface area contributed by atoms with Crippen LogP contribution in [0, 0.1) is 0 Å². The quantitative estimate of drug-likeness (QED) is 0.729. The number of aromatic nitrogens is 2. The Labute approximate surface area is 161 Å². The monoisotopic (exact) mass is 389 g/mol. The molecule has 1 aromatic heterocycles. The van der Waals surface area contributed by atoms with E-state index in [0.717, 1.165) is 0 Å². The molecule has 0 saturated carbocycles. The minimum atomic E-state index is -0.553. The molecule has 1 atom stereocenters. The minimum Gasteiger partial charge on any atom is -0.493 e. The number of carbonyl (C=O) groups is 2. The number of hydrogen-bond acceptors (Lipinski definition) is 6. The number of anilines is 1. The Bertz CT molecular complexity index is 959. The number of esters is 1. The van der Waals surface area contributed by atoms with Crippen LogP contribution in [0.25, 0.3) is 0 Å². The topological polar surface area (TPSA) is 112 Å². The number of aromatic amines is 1. The summed E-state index contributed by atoms with van der Waals surface area (Å²) in [6.07, 6.45) is 0.0694. The average Bonchev–Trinajstić information content (AvgIpc) is 3.01. The molecule has 9 heteroatoms. The first-order valence-corrected chi connectivity index (χ1v) is 8.88. The Morgan fingerprint density at radius 1 is 1.29 bits per heavy atom. The first kappa shape index (κ1) is 19.5. The number of benzene rings is 1. The van der Waals surface area contributed by atoms with Crippen molar-refractivity contribution in [3.63, 3.8) is 0 Å². The molecule has 1 aromatic carbocycles. The van der Waals surface area contributed by atoms with Crippen LogP contribution >= 0.6 is 0 Å². The molecule has 2 aromatic rings. The van der Waals surface area contributed by atoms with Crippen molar-refractivity contribution in [2.24, 2.45) is 0 Å². The largest absolute Gasteiger partial charge is 0.493 e. The average molecular weight is 389 g/mol. The molecule has 0 fully saturated rings. The number of rotatable bonds is 6. The first-order valence-electron chi connectivity index (χ1n) is 8.88. The van der Waals surface area contributed by atoms with Gasteiger partial charge in [-0.1, -0.05) is 12.1 Å². The normalized spacial score (nSPS) is 15.8. The first-order chi connectivity index (χ1) is 13.4. The van der Waals surface area contributed by atoms with Gasteiger partial charge in [0.1, 0.15) is 5.82 Å². The smallest absolute Gasteiger partial charge is 0.343 e. The van der Waals surface area contributed by atoms with Crippen molar-refractivity contribution in [3.05, 3.63) is 39.7 Å². The molecule has 0 bridgehead atoms. The van der Waals surface area contributed by atoms with Crippen LogP contribution in [-0.4, -0.2) is 42.5 Å². The van der Waals surface area contributed by atoms with Gasteiger partial charge in [-0.15, -0.1) is 0 Å². The van der Waals surface area contributed by atoms with Crippen molar-refractivity contribution >= 4 is 17.7 Å². The lowest BCUT2D eigenvalue weighted by molar-refractivity contribution is -0.143. The summed E-state index contributed by atoms with van der Waals surface area (Å²) in [6.45, 7) is 3.49. The fourth-order valence-corrected chi connectivity index (χ4v) is 3.35. The van der Waals surface area contributed by atoms with Crippen LogP contribution in [0.4, 0.5) is 5.82 Å². The van der Waals surface area contributed by atoms with Crippen molar-refractivity contribution < 1.29 is 23.8 Å². The summed E-state index contributed by atoms with van der Waals surface area (Å²) < 4.78 is 17.3. The second-order valence-electron chi connectivity index (χ2n) is 6.72. The van der Waals surface area contributed by atoms with E-state index in [1.165, 1.54) is 14.2 Å². The molecule has 150 valence electrons. The molecule has 9 nitrogen and oxygen atoms in total. The van der Waals surface area contributed by atoms with Gasteiger partial charge >= 0.3 is 5.97 Å². The standard InChI is InChI=1S/C19H23N3O6/c1-10(2)22-18-16(19(25)21-22)12(8-14(23)20-18)11-6-5-7-13(26-3)17(11)28-9-15(24)27-4/h5-7,10,12H,8-9H2,1-4H3,(H,20,23)(H,21,25)/t12-/m0/s1. The summed E-state index contributed by atoms with van der Waals surface area (Å²) in [5.41, 5.74) is 0.756. The lowest BCUT2D eigenvalue weighted by Crippen LogP contribution is -2.27. The summed E-state index contributed by atoms with van der Waals surface area (Å²) in [6, 6.07) is 5.15. The van der Waals surface area contributed by atoms with Gasteiger partial charge in [-0.2, -0.15) is 0 Å². The molecule has 0 saturated heterocycles. The summed E-state index contributed by atoms with van der Waals surface area (Å²) in [4.78, 5) is 36.6. The van der Waals surface area contributed by atoms with Crippen LogP contribution in [0.1, 0.15) is 43.4 Å². The number of H-pyrrole nitrogens is 1. The van der Waals surface area contributed by atoms with Gasteiger partial charge in [-0.05, 0) is 19.9 Å². The van der Waals surface area contributed by atoms with Gasteiger partial charge in [0.05, 0.1) is 19.8 Å². The van der Waals surface area contributed by atoms with E-state index in [9.17, 15) is 14.4 Å². The molecule has 0 spiro atoms. The predicted molar refractivity (Wildman–Crippen MR) is 101 cm³/mol. The zero-order valence-electron chi connectivity index (χ0n) is 16.2. The van der Waals surface area contributed by atoms with Crippen molar-refractivity contribution in [3.8, 4) is 11.5 Å². The molecule has 1 amide bonds. The minimum absolute atomic E-state index is 0.0455. The Balaban J connectivity index is 2.13. The van der Waals surface area contributed by atoms with Gasteiger partial charge in [-0.3, -0.25) is 19.4 Å². The number of fused-ring (bicyclic) bond motifs is 1. The van der Waals surface area contributed by atoms with E-state index in [0.29, 0.717) is 28.4 Å². The van der Waals surface area contributed by atoms with Crippen molar-refractivity contribution in [1.29, 1.82) is 0 Å². The summed E-state index contributed by atoms with van der Waals surface area (Å²) in [7, 11) is 2.74. The molecule has 3 rings (SSSR count). The number of methoxy groups -OCH3 is 2. The zero-order valence-corrected chi connectivity index (χ0v) is 16.2. The number of nitrogens with zero attached hydrogens (tertiary/aromatic N) is 1. The third kappa shape index (κ3) is 3.47. The van der Waals surface area contributed by atoms with Gasteiger partial charge in [0.15, 0.2) is 18.1 Å². The molecular weight excluding hydrogens is 366 g/mol. The van der Waals surface area contributed by atoms with Crippen LogP contribution < -0.4 is 20.3 Å². The lowest BCUT2D eigenvalue weighted by Gasteiger charge is -2.26. The zero-order chi connectivity index (χ0) is 20.4. The Hall–Kier alpha value is -3.23. The molecule has 2 heterocycles. The highest BCUT2D eigenvalue weighted by molar-refractivity contribution is 5.94. The molecular formula is C19H23N3O6. The van der Waals surface area contributed by atoms with Gasteiger partial charge in [-0.25, -0.2) is 4.79 Å². The molecule has 2 N–H and O–H groups in total. The van der Waals surface area contributed by atoms with Gasteiger partial charge in [0, 0.05) is 23.9 Å². The SMILES string of the molecule is COC(=O)COc1c(OC)cccc1[C@@H]1CC(=O)Nc2c1c(=O)[nH]n2C(C)C. The number of amides is 1. The Morgan fingerprint density at radius 2 is 2.04 bits per heavy atom. The van der Waals surface area contributed by atoms with E-state index < -0.39 is 11.9 Å². The van der Waals surface area contributed by atoms with Crippen LogP contribution in [0.5, 0.6) is 11.5 Å². The maximum Gasteiger partial charge on any atom is 0.343 e. The molecule has 0 aliphatic carbocycles. The van der Waals surface area contributed by atoms with E-state index in [-0.39, 0.29) is 30.5 Å². The highest BCUT2D eigenvalue weighted by atomic mass is 16.6. The van der Waals surface area contributed by atoms with E-state index in [4.69, 9.17) is 9.47 Å². The third-order valence-electron chi connectivity index (χ3n) is 4.64. The summed E-state index contributed by atoms with van der Waals surface area (Å²) in [5, 5.41) is 5.57. The fraction of sp³-hybridized carbons (Fsp3) is 0.421. The molecule has 28 heavy (non-hydrogen) atoms. The highest BCUT2D eigenvalue weighted by Crippen LogP contribution is 2.43. The fourth-order valence-electron chi connectivity index (χ4n) is 3.35. The van der Waals surface area contributed by atoms with E-state index >= 15 is 0 Å². The van der Waals surface area contributed by atoms with Gasteiger partial charge < -0.3 is 19.5 Å². The number of para-hydroxylation sites is 1. The maximum atomic E-state index is 12.7. The molecule has 1 aliphatic rings. The lowest BCUT2D eigenvalue weighted by atomic mass is 9.86. The molecule has 0 unspecified atom stereocenters. The predicted octanol–water partition coefficient (Wildman–Crippen LogP) is 1.79. The molecule has 0 radical (unpaired) electrons. The number of hydrogen-bond donors (Lipinski definition) is 2. The van der Waals surface area contributed by atoms with Gasteiger partial charge in [0.25, 0.3) is 5.56 Å². The van der Waals surface area contributed by atoms with Crippen LogP contribution in [-0.2, 0) is 14.3 Å². The van der Waals surface area contributed by atoms with Gasteiger partial charge in [0.2, 0.25) is 5.91 Å². The van der Waals surface area contributed by atoms with E-state index in [1.54, 1.807) is 22.9 Å². The summed E-state index contributed by atoms with van der Waals surface area (Å²) in [5.74, 6) is -0.167. The van der Waals surface area contributed by atoms with Crippen molar-refractivity contribution in [1.82, 2.24) is 9.78 Å².